The molecule has 0 aromatic heterocycles. The van der Waals surface area contributed by atoms with E-state index in [9.17, 15) is 14.4 Å². The van der Waals surface area contributed by atoms with Crippen molar-refractivity contribution in [3.05, 3.63) is 34.9 Å². The quantitative estimate of drug-likeness (QED) is 0.745. The second kappa shape index (κ2) is 7.24. The molecule has 3 aliphatic rings. The molecule has 1 aromatic rings. The van der Waals surface area contributed by atoms with E-state index in [-0.39, 0.29) is 17.7 Å². The monoisotopic (exact) mass is 389 g/mol. The molecule has 1 aromatic carbocycles. The second-order valence-corrected chi connectivity index (χ2v) is 8.29. The zero-order valence-corrected chi connectivity index (χ0v) is 16.1. The van der Waals surface area contributed by atoms with E-state index in [0.717, 1.165) is 25.7 Å². The number of hydrogen-bond acceptors (Lipinski definition) is 4. The Bertz CT molecular complexity index is 750. The topological polar surface area (TPSA) is 60.9 Å². The van der Waals surface area contributed by atoms with Crippen molar-refractivity contribution in [3.8, 4) is 0 Å². The third-order valence-corrected chi connectivity index (χ3v) is 6.39. The average molecular weight is 390 g/mol. The minimum atomic E-state index is -0.413. The van der Waals surface area contributed by atoms with Crippen LogP contribution in [-0.2, 0) is 9.59 Å². The molecule has 3 amide bonds. The summed E-state index contributed by atoms with van der Waals surface area (Å²) in [5.74, 6) is -0.0317. The minimum absolute atomic E-state index is 0.00968. The van der Waals surface area contributed by atoms with E-state index in [4.69, 9.17) is 11.6 Å². The smallest absolute Gasteiger partial charge is 0.253 e. The summed E-state index contributed by atoms with van der Waals surface area (Å²) in [6.07, 6.45) is 4.15. The summed E-state index contributed by atoms with van der Waals surface area (Å²) in [6.45, 7) is 2.83. The highest BCUT2D eigenvalue weighted by atomic mass is 35.5. The van der Waals surface area contributed by atoms with Gasteiger partial charge in [0.05, 0.1) is 12.1 Å². The highest BCUT2D eigenvalue weighted by Gasteiger charge is 2.52. The molecule has 7 heteroatoms. The lowest BCUT2D eigenvalue weighted by atomic mass is 9.85. The van der Waals surface area contributed by atoms with E-state index in [1.165, 1.54) is 4.90 Å². The van der Waals surface area contributed by atoms with Crippen LogP contribution in [0.25, 0.3) is 0 Å². The first-order valence-electron chi connectivity index (χ1n) is 9.61. The molecule has 3 fully saturated rings. The first-order valence-corrected chi connectivity index (χ1v) is 9.98. The van der Waals surface area contributed by atoms with E-state index < -0.39 is 5.41 Å². The van der Waals surface area contributed by atoms with Crippen LogP contribution in [0.5, 0.6) is 0 Å². The summed E-state index contributed by atoms with van der Waals surface area (Å²) >= 11 is 5.88. The van der Waals surface area contributed by atoms with Crippen LogP contribution in [0.2, 0.25) is 5.02 Å². The van der Waals surface area contributed by atoms with Gasteiger partial charge in [-0.15, -0.1) is 0 Å². The van der Waals surface area contributed by atoms with Crippen LogP contribution >= 0.6 is 11.6 Å². The summed E-state index contributed by atoms with van der Waals surface area (Å²) in [4.78, 5) is 43.1. The Hall–Kier alpha value is -1.92. The molecule has 2 saturated heterocycles. The second-order valence-electron chi connectivity index (χ2n) is 7.85. The number of imide groups is 1. The Kier molecular flexibility index (Phi) is 4.95. The molecule has 1 aliphatic carbocycles. The van der Waals surface area contributed by atoms with E-state index >= 15 is 0 Å². The summed E-state index contributed by atoms with van der Waals surface area (Å²) in [7, 11) is 0. The van der Waals surface area contributed by atoms with E-state index in [1.807, 2.05) is 4.90 Å². The van der Waals surface area contributed by atoms with Crippen molar-refractivity contribution in [1.29, 1.82) is 0 Å². The number of piperazine rings is 1. The molecule has 2 heterocycles. The van der Waals surface area contributed by atoms with Gasteiger partial charge in [-0.25, -0.2) is 0 Å². The number of benzene rings is 1. The van der Waals surface area contributed by atoms with Crippen LogP contribution in [-0.4, -0.2) is 65.3 Å². The van der Waals surface area contributed by atoms with Crippen molar-refractivity contribution in [3.63, 3.8) is 0 Å². The zero-order valence-electron chi connectivity index (χ0n) is 15.3. The van der Waals surface area contributed by atoms with Gasteiger partial charge in [0.25, 0.3) is 5.91 Å². The molecule has 0 bridgehead atoms. The van der Waals surface area contributed by atoms with Crippen LogP contribution in [0.15, 0.2) is 24.3 Å². The number of halogens is 1. The molecule has 1 saturated carbocycles. The number of carbonyl (C=O) groups is 3. The Morgan fingerprint density at radius 3 is 2.26 bits per heavy atom. The van der Waals surface area contributed by atoms with Crippen molar-refractivity contribution in [2.24, 2.45) is 5.41 Å². The van der Waals surface area contributed by atoms with Gasteiger partial charge in [-0.3, -0.25) is 24.2 Å². The minimum Gasteiger partial charge on any atom is -0.336 e. The molecule has 144 valence electrons. The van der Waals surface area contributed by atoms with Crippen LogP contribution in [0.1, 0.15) is 42.5 Å². The van der Waals surface area contributed by atoms with Gasteiger partial charge in [0.1, 0.15) is 0 Å². The molecule has 0 N–H and O–H groups in total. The third-order valence-electron chi connectivity index (χ3n) is 6.14. The first-order chi connectivity index (χ1) is 13.0. The van der Waals surface area contributed by atoms with Crippen molar-refractivity contribution >= 4 is 29.3 Å². The highest BCUT2D eigenvalue weighted by Crippen LogP contribution is 2.46. The number of likely N-dealkylation sites (tertiary alicyclic amines) is 1. The maximum atomic E-state index is 12.8. The fourth-order valence-electron chi connectivity index (χ4n) is 4.51. The fraction of sp³-hybridized carbons (Fsp3) is 0.550. The van der Waals surface area contributed by atoms with Crippen molar-refractivity contribution < 1.29 is 14.4 Å². The number of amides is 3. The summed E-state index contributed by atoms with van der Waals surface area (Å²) < 4.78 is 0. The van der Waals surface area contributed by atoms with Crippen LogP contribution in [0.3, 0.4) is 0 Å². The fourth-order valence-corrected chi connectivity index (χ4v) is 4.64. The number of rotatable bonds is 3. The predicted molar refractivity (Wildman–Crippen MR) is 101 cm³/mol. The Morgan fingerprint density at radius 1 is 1.00 bits per heavy atom. The van der Waals surface area contributed by atoms with Gasteiger partial charge in [-0.1, -0.05) is 24.4 Å². The predicted octanol–water partition coefficient (Wildman–Crippen LogP) is 2.37. The van der Waals surface area contributed by atoms with E-state index in [2.05, 4.69) is 4.90 Å². The highest BCUT2D eigenvalue weighted by molar-refractivity contribution is 6.30. The maximum absolute atomic E-state index is 12.8. The van der Waals surface area contributed by atoms with Crippen molar-refractivity contribution in [2.75, 3.05) is 32.8 Å². The largest absolute Gasteiger partial charge is 0.336 e. The Labute approximate surface area is 164 Å². The number of carbonyl (C=O) groups excluding carboxylic acids is 3. The van der Waals surface area contributed by atoms with E-state index in [0.29, 0.717) is 49.9 Å². The summed E-state index contributed by atoms with van der Waals surface area (Å²) in [5, 5.41) is 0.608. The maximum Gasteiger partial charge on any atom is 0.253 e. The molecule has 0 atom stereocenters. The van der Waals surface area contributed by atoms with Gasteiger partial charge in [-0.05, 0) is 37.1 Å². The van der Waals surface area contributed by atoms with E-state index in [1.54, 1.807) is 24.3 Å². The van der Waals surface area contributed by atoms with Crippen molar-refractivity contribution in [2.45, 2.75) is 32.1 Å². The van der Waals surface area contributed by atoms with Crippen LogP contribution in [0, 0.1) is 5.41 Å². The Morgan fingerprint density at radius 2 is 1.63 bits per heavy atom. The molecular formula is C20H24ClN3O3. The third kappa shape index (κ3) is 3.48. The first kappa shape index (κ1) is 18.4. The van der Waals surface area contributed by atoms with Gasteiger partial charge >= 0.3 is 0 Å². The lowest BCUT2D eigenvalue weighted by Crippen LogP contribution is -2.52. The molecule has 1 spiro atoms. The van der Waals surface area contributed by atoms with Gasteiger partial charge in [0.2, 0.25) is 11.8 Å². The molecular weight excluding hydrogens is 366 g/mol. The van der Waals surface area contributed by atoms with Gasteiger partial charge < -0.3 is 4.90 Å². The summed E-state index contributed by atoms with van der Waals surface area (Å²) in [6, 6.07) is 6.91. The lowest BCUT2D eigenvalue weighted by molar-refractivity contribution is -0.144. The number of hydrogen-bond donors (Lipinski definition) is 0. The van der Waals surface area contributed by atoms with Gasteiger partial charge in [0.15, 0.2) is 0 Å². The average Bonchev–Trinajstić information content (AvgIpc) is 3.23. The molecule has 0 unspecified atom stereocenters. The standard InChI is InChI=1S/C20H24ClN3O3/c21-16-5-3-15(4-6-16)18(26)23-11-9-22(10-12-23)14-24-17(25)13-20(19(24)27)7-1-2-8-20/h3-6H,1-2,7-14H2. The lowest BCUT2D eigenvalue weighted by Gasteiger charge is -2.36. The van der Waals surface area contributed by atoms with Crippen LogP contribution in [0.4, 0.5) is 0 Å². The molecule has 0 radical (unpaired) electrons. The molecule has 27 heavy (non-hydrogen) atoms. The summed E-state index contributed by atoms with van der Waals surface area (Å²) in [5.41, 5.74) is 0.213. The molecule has 4 rings (SSSR count). The van der Waals surface area contributed by atoms with Gasteiger partial charge in [0, 0.05) is 43.2 Å². The van der Waals surface area contributed by atoms with Gasteiger partial charge in [-0.2, -0.15) is 0 Å². The molecule has 6 nitrogen and oxygen atoms in total. The Balaban J connectivity index is 1.33. The normalized spacial score (nSPS) is 22.9. The molecule has 2 aliphatic heterocycles. The number of nitrogens with zero attached hydrogens (tertiary/aromatic N) is 3. The SMILES string of the molecule is O=C(c1ccc(Cl)cc1)N1CCN(CN2C(=O)CC3(CCCC3)C2=O)CC1. The van der Waals surface area contributed by atoms with Crippen molar-refractivity contribution in [1.82, 2.24) is 14.7 Å². The zero-order chi connectivity index (χ0) is 19.0. The van der Waals surface area contributed by atoms with Crippen LogP contribution < -0.4 is 0 Å².